The highest BCUT2D eigenvalue weighted by atomic mass is 32.1. The molecular formula is C9H7FOS. The lowest BCUT2D eigenvalue weighted by Gasteiger charge is -1.88. The fourth-order valence-electron chi connectivity index (χ4n) is 1.16. The van der Waals surface area contributed by atoms with Crippen molar-refractivity contribution in [3.05, 3.63) is 35.0 Å². The molecule has 0 aliphatic carbocycles. The van der Waals surface area contributed by atoms with Crippen LogP contribution in [0.3, 0.4) is 0 Å². The van der Waals surface area contributed by atoms with E-state index in [0.29, 0.717) is 5.39 Å². The standard InChI is InChI=1S/C9H7FOS/c10-8-2-1-3-9-7(8)4-6(5-11)12-9/h1-4,11H,5H2. The summed E-state index contributed by atoms with van der Waals surface area (Å²) in [6.07, 6.45) is 0. The van der Waals surface area contributed by atoms with E-state index in [1.165, 1.54) is 17.4 Å². The van der Waals surface area contributed by atoms with Crippen LogP contribution in [0.4, 0.5) is 4.39 Å². The molecule has 3 heteroatoms. The Balaban J connectivity index is 2.74. The molecule has 0 radical (unpaired) electrons. The molecular weight excluding hydrogens is 175 g/mol. The van der Waals surface area contributed by atoms with Gasteiger partial charge in [-0.3, -0.25) is 0 Å². The minimum Gasteiger partial charge on any atom is -0.391 e. The summed E-state index contributed by atoms with van der Waals surface area (Å²) >= 11 is 1.42. The molecule has 0 spiro atoms. The van der Waals surface area contributed by atoms with Crippen molar-refractivity contribution in [1.29, 1.82) is 0 Å². The Hall–Kier alpha value is -0.930. The summed E-state index contributed by atoms with van der Waals surface area (Å²) in [5.74, 6) is -0.219. The van der Waals surface area contributed by atoms with Gasteiger partial charge < -0.3 is 5.11 Å². The molecule has 1 heterocycles. The summed E-state index contributed by atoms with van der Waals surface area (Å²) in [7, 11) is 0. The Morgan fingerprint density at radius 1 is 1.42 bits per heavy atom. The first kappa shape index (κ1) is 7.71. The van der Waals surface area contributed by atoms with Gasteiger partial charge in [-0.15, -0.1) is 11.3 Å². The highest BCUT2D eigenvalue weighted by molar-refractivity contribution is 7.19. The van der Waals surface area contributed by atoms with Crippen LogP contribution in [0.2, 0.25) is 0 Å². The summed E-state index contributed by atoms with van der Waals surface area (Å²) < 4.78 is 13.9. The van der Waals surface area contributed by atoms with Gasteiger partial charge in [0.2, 0.25) is 0 Å². The number of fused-ring (bicyclic) bond motifs is 1. The lowest BCUT2D eigenvalue weighted by atomic mass is 10.2. The molecule has 0 aliphatic rings. The highest BCUT2D eigenvalue weighted by Crippen LogP contribution is 2.27. The van der Waals surface area contributed by atoms with E-state index < -0.39 is 0 Å². The predicted octanol–water partition coefficient (Wildman–Crippen LogP) is 2.53. The van der Waals surface area contributed by atoms with Gasteiger partial charge in [-0.2, -0.15) is 0 Å². The van der Waals surface area contributed by atoms with Crippen molar-refractivity contribution in [1.82, 2.24) is 0 Å². The van der Waals surface area contributed by atoms with Gasteiger partial charge in [0, 0.05) is 15.0 Å². The third-order valence-electron chi connectivity index (χ3n) is 1.72. The van der Waals surface area contributed by atoms with E-state index in [-0.39, 0.29) is 12.4 Å². The Morgan fingerprint density at radius 2 is 2.25 bits per heavy atom. The number of benzene rings is 1. The van der Waals surface area contributed by atoms with E-state index in [1.807, 2.05) is 6.07 Å². The second kappa shape index (κ2) is 2.84. The van der Waals surface area contributed by atoms with Crippen molar-refractivity contribution in [3.8, 4) is 0 Å². The predicted molar refractivity (Wildman–Crippen MR) is 47.7 cm³/mol. The van der Waals surface area contributed by atoms with Gasteiger partial charge in [0.15, 0.2) is 0 Å². The van der Waals surface area contributed by atoms with Crippen LogP contribution in [0.1, 0.15) is 4.88 Å². The number of aliphatic hydroxyl groups is 1. The Kier molecular flexibility index (Phi) is 1.83. The summed E-state index contributed by atoms with van der Waals surface area (Å²) in [5.41, 5.74) is 0. The van der Waals surface area contributed by atoms with Crippen molar-refractivity contribution in [2.75, 3.05) is 0 Å². The third kappa shape index (κ3) is 1.11. The van der Waals surface area contributed by atoms with E-state index in [4.69, 9.17) is 5.11 Å². The molecule has 0 fully saturated rings. The Labute approximate surface area is 73.1 Å². The average Bonchev–Trinajstić information content (AvgIpc) is 2.49. The van der Waals surface area contributed by atoms with Crippen molar-refractivity contribution in [2.45, 2.75) is 6.61 Å². The molecule has 62 valence electrons. The van der Waals surface area contributed by atoms with Crippen LogP contribution in [0.25, 0.3) is 10.1 Å². The molecule has 1 aromatic carbocycles. The van der Waals surface area contributed by atoms with Gasteiger partial charge in [0.1, 0.15) is 5.82 Å². The zero-order chi connectivity index (χ0) is 8.55. The van der Waals surface area contributed by atoms with E-state index in [0.717, 1.165) is 9.58 Å². The zero-order valence-corrected chi connectivity index (χ0v) is 7.07. The van der Waals surface area contributed by atoms with E-state index in [9.17, 15) is 4.39 Å². The first-order valence-corrected chi connectivity index (χ1v) is 4.40. The Morgan fingerprint density at radius 3 is 2.92 bits per heavy atom. The van der Waals surface area contributed by atoms with Crippen LogP contribution in [-0.2, 0) is 6.61 Å². The van der Waals surface area contributed by atoms with Gasteiger partial charge in [-0.25, -0.2) is 4.39 Å². The second-order valence-corrected chi connectivity index (χ2v) is 3.69. The van der Waals surface area contributed by atoms with Crippen LogP contribution in [0, 0.1) is 5.82 Å². The lowest BCUT2D eigenvalue weighted by Crippen LogP contribution is -1.72. The van der Waals surface area contributed by atoms with Crippen molar-refractivity contribution >= 4 is 21.4 Å². The smallest absolute Gasteiger partial charge is 0.131 e. The number of hydrogen-bond acceptors (Lipinski definition) is 2. The molecule has 0 saturated carbocycles. The van der Waals surface area contributed by atoms with Crippen LogP contribution in [-0.4, -0.2) is 5.11 Å². The number of halogens is 1. The molecule has 1 nitrogen and oxygen atoms in total. The Bertz CT molecular complexity index is 408. The number of aliphatic hydroxyl groups excluding tert-OH is 1. The number of thiophene rings is 1. The summed E-state index contributed by atoms with van der Waals surface area (Å²) in [4.78, 5) is 0.801. The van der Waals surface area contributed by atoms with Crippen molar-refractivity contribution in [2.24, 2.45) is 0 Å². The minimum atomic E-state index is -0.219. The van der Waals surface area contributed by atoms with Crippen LogP contribution in [0.5, 0.6) is 0 Å². The molecule has 0 aliphatic heterocycles. The molecule has 1 N–H and O–H groups in total. The maximum Gasteiger partial charge on any atom is 0.131 e. The first-order valence-electron chi connectivity index (χ1n) is 3.59. The minimum absolute atomic E-state index is 0.0151. The molecule has 0 unspecified atom stereocenters. The van der Waals surface area contributed by atoms with Crippen molar-refractivity contribution in [3.63, 3.8) is 0 Å². The van der Waals surface area contributed by atoms with Gasteiger partial charge in [-0.05, 0) is 18.2 Å². The average molecular weight is 182 g/mol. The molecule has 0 atom stereocenters. The van der Waals surface area contributed by atoms with Gasteiger partial charge >= 0.3 is 0 Å². The van der Waals surface area contributed by atoms with Gasteiger partial charge in [0.25, 0.3) is 0 Å². The van der Waals surface area contributed by atoms with E-state index >= 15 is 0 Å². The maximum absolute atomic E-state index is 13.1. The topological polar surface area (TPSA) is 20.2 Å². The zero-order valence-electron chi connectivity index (χ0n) is 6.25. The fraction of sp³-hybridized carbons (Fsp3) is 0.111. The first-order chi connectivity index (χ1) is 5.81. The summed E-state index contributed by atoms with van der Waals surface area (Å²) in [6, 6.07) is 6.64. The van der Waals surface area contributed by atoms with E-state index in [2.05, 4.69) is 0 Å². The monoisotopic (exact) mass is 182 g/mol. The molecule has 2 rings (SSSR count). The molecule has 0 amide bonds. The highest BCUT2D eigenvalue weighted by Gasteiger charge is 2.03. The van der Waals surface area contributed by atoms with Gasteiger partial charge in [0.05, 0.1) is 6.61 Å². The van der Waals surface area contributed by atoms with Crippen LogP contribution in [0.15, 0.2) is 24.3 Å². The molecule has 12 heavy (non-hydrogen) atoms. The van der Waals surface area contributed by atoms with Gasteiger partial charge in [-0.1, -0.05) is 6.07 Å². The van der Waals surface area contributed by atoms with Crippen LogP contribution < -0.4 is 0 Å². The van der Waals surface area contributed by atoms with E-state index in [1.54, 1.807) is 12.1 Å². The SMILES string of the molecule is OCc1cc2c(F)cccc2s1. The third-order valence-corrected chi connectivity index (χ3v) is 2.80. The second-order valence-electron chi connectivity index (χ2n) is 2.52. The van der Waals surface area contributed by atoms with Crippen molar-refractivity contribution < 1.29 is 9.50 Å². The fourth-order valence-corrected chi connectivity index (χ4v) is 2.09. The van der Waals surface area contributed by atoms with Crippen LogP contribution >= 0.6 is 11.3 Å². The molecule has 2 aromatic rings. The summed E-state index contributed by atoms with van der Waals surface area (Å²) in [5, 5.41) is 9.42. The lowest BCUT2D eigenvalue weighted by molar-refractivity contribution is 0.285. The summed E-state index contributed by atoms with van der Waals surface area (Å²) in [6.45, 7) is -0.0151. The normalized spacial score (nSPS) is 10.8. The number of hydrogen-bond donors (Lipinski definition) is 1. The number of rotatable bonds is 1. The quantitative estimate of drug-likeness (QED) is 0.718. The molecule has 1 aromatic heterocycles. The molecule has 0 saturated heterocycles. The largest absolute Gasteiger partial charge is 0.391 e. The molecule has 0 bridgehead atoms. The maximum atomic E-state index is 13.1.